The molecular formula is C22H26ClN3O2S. The number of thioether (sulfide) groups is 1. The first-order valence-corrected chi connectivity index (χ1v) is 11.0. The highest BCUT2D eigenvalue weighted by atomic mass is 35.5. The van der Waals surface area contributed by atoms with E-state index in [2.05, 4.69) is 4.90 Å². The fourth-order valence-corrected chi connectivity index (χ4v) is 4.31. The molecule has 2 aromatic rings. The maximum atomic E-state index is 13.1. The summed E-state index contributed by atoms with van der Waals surface area (Å²) in [7, 11) is 3.48. The van der Waals surface area contributed by atoms with Crippen molar-refractivity contribution >= 4 is 35.2 Å². The van der Waals surface area contributed by atoms with Crippen LogP contribution in [-0.2, 0) is 11.3 Å². The molecule has 1 saturated heterocycles. The van der Waals surface area contributed by atoms with Gasteiger partial charge in [-0.15, -0.1) is 11.8 Å². The summed E-state index contributed by atoms with van der Waals surface area (Å²) in [6.45, 7) is 3.92. The Balaban J connectivity index is 1.58. The zero-order valence-electron chi connectivity index (χ0n) is 16.8. The molecule has 0 atom stereocenters. The molecule has 0 N–H and O–H groups in total. The number of amides is 2. The van der Waals surface area contributed by atoms with Crippen molar-refractivity contribution in [1.29, 1.82) is 0 Å². The third-order valence-corrected chi connectivity index (χ3v) is 6.26. The lowest BCUT2D eigenvalue weighted by atomic mass is 10.1. The van der Waals surface area contributed by atoms with E-state index < -0.39 is 0 Å². The van der Waals surface area contributed by atoms with Crippen molar-refractivity contribution < 1.29 is 9.59 Å². The number of carbonyl (C=O) groups is 2. The van der Waals surface area contributed by atoms with Crippen LogP contribution >= 0.6 is 23.4 Å². The van der Waals surface area contributed by atoms with Crippen LogP contribution in [0.3, 0.4) is 0 Å². The number of nitrogens with zero attached hydrogens (tertiary/aromatic N) is 3. The number of hydrogen-bond donors (Lipinski definition) is 0. The van der Waals surface area contributed by atoms with E-state index in [9.17, 15) is 9.59 Å². The highest BCUT2D eigenvalue weighted by Gasteiger charge is 2.24. The molecule has 1 aliphatic rings. The molecule has 0 unspecified atom stereocenters. The van der Waals surface area contributed by atoms with Gasteiger partial charge in [0.2, 0.25) is 5.91 Å². The minimum Gasteiger partial charge on any atom is -0.348 e. The van der Waals surface area contributed by atoms with Crippen LogP contribution in [0.2, 0.25) is 5.02 Å². The second-order valence-electron chi connectivity index (χ2n) is 7.27. The highest BCUT2D eigenvalue weighted by molar-refractivity contribution is 8.00. The van der Waals surface area contributed by atoms with Gasteiger partial charge in [0.1, 0.15) is 0 Å². The monoisotopic (exact) mass is 431 g/mol. The van der Waals surface area contributed by atoms with E-state index in [1.54, 1.807) is 19.0 Å². The van der Waals surface area contributed by atoms with E-state index in [0.717, 1.165) is 29.6 Å². The van der Waals surface area contributed by atoms with E-state index in [1.807, 2.05) is 53.4 Å². The molecule has 0 bridgehead atoms. The Bertz CT molecular complexity index is 849. The van der Waals surface area contributed by atoms with Crippen molar-refractivity contribution in [2.75, 3.05) is 46.0 Å². The smallest absolute Gasteiger partial charge is 0.255 e. The molecule has 1 fully saturated rings. The standard InChI is InChI=1S/C22H26ClN3O2S/c1-24(2)21(27)16-29-20-6-4-3-5-19(20)22(28)26-13-11-25(12-14-26)15-17-7-9-18(23)10-8-17/h3-10H,11-16H2,1-2H3. The molecule has 0 spiro atoms. The third kappa shape index (κ3) is 5.98. The van der Waals surface area contributed by atoms with E-state index in [4.69, 9.17) is 11.6 Å². The summed E-state index contributed by atoms with van der Waals surface area (Å²) in [5.74, 6) is 0.399. The summed E-state index contributed by atoms with van der Waals surface area (Å²) in [5.41, 5.74) is 1.90. The number of piperazine rings is 1. The topological polar surface area (TPSA) is 43.9 Å². The van der Waals surface area contributed by atoms with E-state index in [0.29, 0.717) is 24.4 Å². The molecule has 3 rings (SSSR count). The van der Waals surface area contributed by atoms with Crippen molar-refractivity contribution in [3.63, 3.8) is 0 Å². The second kappa shape index (κ2) is 10.1. The molecule has 154 valence electrons. The van der Waals surface area contributed by atoms with Gasteiger partial charge in [-0.2, -0.15) is 0 Å². The first kappa shape index (κ1) is 21.7. The maximum Gasteiger partial charge on any atom is 0.255 e. The number of rotatable bonds is 6. The van der Waals surface area contributed by atoms with Crippen LogP contribution in [-0.4, -0.2) is 72.5 Å². The van der Waals surface area contributed by atoms with Crippen LogP contribution in [0.15, 0.2) is 53.4 Å². The van der Waals surface area contributed by atoms with Crippen molar-refractivity contribution in [3.05, 3.63) is 64.7 Å². The van der Waals surface area contributed by atoms with Crippen LogP contribution < -0.4 is 0 Å². The van der Waals surface area contributed by atoms with Crippen molar-refractivity contribution in [3.8, 4) is 0 Å². The van der Waals surface area contributed by atoms with Crippen LogP contribution in [0.4, 0.5) is 0 Å². The molecule has 7 heteroatoms. The molecule has 2 aromatic carbocycles. The van der Waals surface area contributed by atoms with Crippen molar-refractivity contribution in [2.24, 2.45) is 0 Å². The summed E-state index contributed by atoms with van der Waals surface area (Å²) in [5, 5.41) is 0.744. The Hall–Kier alpha value is -2.02. The van der Waals surface area contributed by atoms with Gasteiger partial charge in [-0.1, -0.05) is 35.9 Å². The molecule has 0 radical (unpaired) electrons. The Labute approximate surface area is 181 Å². The Kier molecular flexibility index (Phi) is 7.58. The van der Waals surface area contributed by atoms with Gasteiger partial charge in [-0.3, -0.25) is 14.5 Å². The fraction of sp³-hybridized carbons (Fsp3) is 0.364. The molecule has 0 aromatic heterocycles. The summed E-state index contributed by atoms with van der Waals surface area (Å²) in [6, 6.07) is 15.5. The quantitative estimate of drug-likeness (QED) is 0.657. The molecule has 2 amide bonds. The van der Waals surface area contributed by atoms with Crippen LogP contribution in [0.1, 0.15) is 15.9 Å². The maximum absolute atomic E-state index is 13.1. The van der Waals surface area contributed by atoms with Gasteiger partial charge in [0.05, 0.1) is 11.3 Å². The lowest BCUT2D eigenvalue weighted by Crippen LogP contribution is -2.48. The lowest BCUT2D eigenvalue weighted by Gasteiger charge is -2.35. The van der Waals surface area contributed by atoms with E-state index >= 15 is 0 Å². The number of carbonyl (C=O) groups excluding carboxylic acids is 2. The van der Waals surface area contributed by atoms with Gasteiger partial charge in [0.25, 0.3) is 5.91 Å². The number of hydrogen-bond acceptors (Lipinski definition) is 4. The SMILES string of the molecule is CN(C)C(=O)CSc1ccccc1C(=O)N1CCN(Cc2ccc(Cl)cc2)CC1. The minimum absolute atomic E-state index is 0.0352. The van der Waals surface area contributed by atoms with Gasteiger partial charge in [-0.25, -0.2) is 0 Å². The molecule has 0 aliphatic carbocycles. The average Bonchev–Trinajstić information content (AvgIpc) is 2.74. The molecule has 0 saturated carbocycles. The highest BCUT2D eigenvalue weighted by Crippen LogP contribution is 2.25. The zero-order chi connectivity index (χ0) is 20.8. The van der Waals surface area contributed by atoms with Gasteiger partial charge in [0.15, 0.2) is 0 Å². The van der Waals surface area contributed by atoms with Crippen LogP contribution in [0.5, 0.6) is 0 Å². The van der Waals surface area contributed by atoms with E-state index in [1.165, 1.54) is 17.3 Å². The van der Waals surface area contributed by atoms with Crippen molar-refractivity contribution in [2.45, 2.75) is 11.4 Å². The fourth-order valence-electron chi connectivity index (χ4n) is 3.17. The molecular weight excluding hydrogens is 406 g/mol. The van der Waals surface area contributed by atoms with Crippen molar-refractivity contribution in [1.82, 2.24) is 14.7 Å². The van der Waals surface area contributed by atoms with Crippen LogP contribution in [0, 0.1) is 0 Å². The Morgan fingerprint density at radius 2 is 1.66 bits per heavy atom. The molecule has 5 nitrogen and oxygen atoms in total. The van der Waals surface area contributed by atoms with Crippen LogP contribution in [0.25, 0.3) is 0 Å². The third-order valence-electron chi connectivity index (χ3n) is 4.95. The van der Waals surface area contributed by atoms with Gasteiger partial charge < -0.3 is 9.80 Å². The molecule has 1 heterocycles. The zero-order valence-corrected chi connectivity index (χ0v) is 18.4. The average molecular weight is 432 g/mol. The summed E-state index contributed by atoms with van der Waals surface area (Å²) in [6.07, 6.45) is 0. The molecule has 29 heavy (non-hydrogen) atoms. The molecule has 1 aliphatic heterocycles. The first-order chi connectivity index (χ1) is 13.9. The van der Waals surface area contributed by atoms with Gasteiger partial charge in [-0.05, 0) is 29.8 Å². The van der Waals surface area contributed by atoms with Gasteiger partial charge in [0, 0.05) is 56.7 Å². The normalized spacial score (nSPS) is 14.7. The van der Waals surface area contributed by atoms with Gasteiger partial charge >= 0.3 is 0 Å². The second-order valence-corrected chi connectivity index (χ2v) is 8.72. The predicted molar refractivity (Wildman–Crippen MR) is 118 cm³/mol. The summed E-state index contributed by atoms with van der Waals surface area (Å²) < 4.78 is 0. The first-order valence-electron chi connectivity index (χ1n) is 9.62. The summed E-state index contributed by atoms with van der Waals surface area (Å²) >= 11 is 7.37. The minimum atomic E-state index is 0.0352. The predicted octanol–water partition coefficient (Wildman–Crippen LogP) is 3.48. The largest absolute Gasteiger partial charge is 0.348 e. The Morgan fingerprint density at radius 1 is 1.00 bits per heavy atom. The Morgan fingerprint density at radius 3 is 2.31 bits per heavy atom. The number of halogens is 1. The van der Waals surface area contributed by atoms with E-state index in [-0.39, 0.29) is 11.8 Å². The number of benzene rings is 2. The summed E-state index contributed by atoms with van der Waals surface area (Å²) in [4.78, 5) is 31.7. The lowest BCUT2D eigenvalue weighted by molar-refractivity contribution is -0.125.